The molecule has 3 fully saturated rings. The number of carboxylic acid groups (broad SMARTS) is 1. The van der Waals surface area contributed by atoms with E-state index in [4.69, 9.17) is 46.4 Å². The molecule has 0 radical (unpaired) electrons. The van der Waals surface area contributed by atoms with E-state index in [1.165, 1.54) is 28.0 Å². The highest BCUT2D eigenvalue weighted by molar-refractivity contribution is 6.38. The van der Waals surface area contributed by atoms with Crippen LogP contribution in [0.2, 0.25) is 20.1 Å². The van der Waals surface area contributed by atoms with E-state index in [9.17, 15) is 19.5 Å². The normalized spacial score (nSPS) is 29.1. The lowest BCUT2D eigenvalue weighted by Gasteiger charge is -2.36. The van der Waals surface area contributed by atoms with E-state index < -0.39 is 60.1 Å². The predicted molar refractivity (Wildman–Crippen MR) is 148 cm³/mol. The van der Waals surface area contributed by atoms with Crippen LogP contribution in [0.5, 0.6) is 0 Å². The number of halogens is 6. The topological polar surface area (TPSA) is 90.0 Å². The van der Waals surface area contributed by atoms with Crippen molar-refractivity contribution >= 4 is 75.6 Å². The summed E-state index contributed by atoms with van der Waals surface area (Å²) in [4.78, 5) is 44.2. The van der Waals surface area contributed by atoms with Crippen LogP contribution in [0.1, 0.15) is 37.7 Å². The van der Waals surface area contributed by atoms with Gasteiger partial charge in [0.05, 0.1) is 23.2 Å². The molecule has 212 valence electrons. The van der Waals surface area contributed by atoms with Gasteiger partial charge in [-0.2, -0.15) is 0 Å². The molecule has 40 heavy (non-hydrogen) atoms. The molecule has 3 aliphatic heterocycles. The molecule has 2 saturated heterocycles. The number of fused-ring (bicyclic) bond motifs is 4. The molecule has 13 heteroatoms. The average Bonchev–Trinajstić information content (AvgIpc) is 3.58. The van der Waals surface area contributed by atoms with Gasteiger partial charge in [-0.25, -0.2) is 8.78 Å². The maximum absolute atomic E-state index is 15.1. The molecule has 0 bridgehead atoms. The fraction of sp³-hybridized carbons (Fsp3) is 0.444. The lowest BCUT2D eigenvalue weighted by molar-refractivity contribution is -0.153. The number of anilines is 2. The number of rotatable bonds is 4. The number of alkyl halides is 2. The highest BCUT2D eigenvalue weighted by Crippen LogP contribution is 2.61. The molecule has 2 aromatic rings. The third-order valence-electron chi connectivity index (χ3n) is 8.64. The fourth-order valence-electron chi connectivity index (χ4n) is 7.30. The van der Waals surface area contributed by atoms with Gasteiger partial charge in [0.25, 0.3) is 11.8 Å². The summed E-state index contributed by atoms with van der Waals surface area (Å²) >= 11 is 25.2. The third kappa shape index (κ3) is 4.11. The first kappa shape index (κ1) is 28.0. The van der Waals surface area contributed by atoms with Crippen molar-refractivity contribution in [3.05, 3.63) is 56.0 Å². The van der Waals surface area contributed by atoms with Crippen LogP contribution in [-0.4, -0.2) is 52.3 Å². The Bertz CT molecular complexity index is 1430. The molecule has 2 N–H and O–H groups in total. The van der Waals surface area contributed by atoms with E-state index in [1.54, 1.807) is 12.1 Å². The maximum atomic E-state index is 15.1. The van der Waals surface area contributed by atoms with Crippen LogP contribution in [0.4, 0.5) is 20.2 Å². The largest absolute Gasteiger partial charge is 0.481 e. The van der Waals surface area contributed by atoms with E-state index in [1.807, 2.05) is 0 Å². The number of nitrogens with one attached hydrogen (secondary N) is 1. The molecule has 6 rings (SSSR count). The summed E-state index contributed by atoms with van der Waals surface area (Å²) in [7, 11) is 0. The summed E-state index contributed by atoms with van der Waals surface area (Å²) in [5.74, 6) is -9.46. The molecule has 1 aliphatic carbocycles. The summed E-state index contributed by atoms with van der Waals surface area (Å²) in [5, 5.41) is 13.9. The summed E-state index contributed by atoms with van der Waals surface area (Å²) in [6, 6.07) is 5.75. The zero-order valence-electron chi connectivity index (χ0n) is 20.8. The SMILES string of the molecule is O=C(O)[C@H]1[C@@H](C(=O)N(c2cc(Cl)cc(Cl)c2)C2CCCC2)[C@H]2CC(F)(F)CN2[C@]12C(=O)Nc1c(Cl)cc(Cl)cc12. The standard InChI is InChI=1S/C27H23Cl4F2N3O4/c28-12-5-13(29)7-16(6-12)36(15-3-1-2-4-15)23(37)20-19-10-26(32,33)11-35(19)27(21(20)24(38)39)17-8-14(30)9-18(31)22(17)34-25(27)40/h5-9,15,19-21H,1-4,10-11H2,(H,34,40)(H,38,39)/t19-,20+,21-,27+/m1/s1. The molecular formula is C27H23Cl4F2N3O4. The van der Waals surface area contributed by atoms with E-state index in [2.05, 4.69) is 5.32 Å². The number of carbonyl (C=O) groups is 3. The maximum Gasteiger partial charge on any atom is 0.310 e. The molecule has 1 spiro atoms. The predicted octanol–water partition coefficient (Wildman–Crippen LogP) is 6.46. The second-order valence-electron chi connectivity index (χ2n) is 10.9. The van der Waals surface area contributed by atoms with Crippen molar-refractivity contribution in [2.45, 2.75) is 55.6 Å². The van der Waals surface area contributed by atoms with Gasteiger partial charge in [-0.15, -0.1) is 0 Å². The van der Waals surface area contributed by atoms with E-state index in [0.29, 0.717) is 18.5 Å². The van der Waals surface area contributed by atoms with Crippen LogP contribution in [0.15, 0.2) is 30.3 Å². The van der Waals surface area contributed by atoms with Gasteiger partial charge >= 0.3 is 5.97 Å². The smallest absolute Gasteiger partial charge is 0.310 e. The summed E-state index contributed by atoms with van der Waals surface area (Å²) in [5.41, 5.74) is -1.62. The van der Waals surface area contributed by atoms with Crippen LogP contribution in [-0.2, 0) is 19.9 Å². The quantitative estimate of drug-likeness (QED) is 0.404. The number of amides is 2. The van der Waals surface area contributed by atoms with Gasteiger partial charge in [-0.05, 0) is 43.2 Å². The third-order valence-corrected chi connectivity index (χ3v) is 9.59. The molecule has 7 nitrogen and oxygen atoms in total. The zero-order valence-corrected chi connectivity index (χ0v) is 23.8. The number of aliphatic carboxylic acids is 1. The number of carbonyl (C=O) groups excluding carboxylic acids is 2. The summed E-state index contributed by atoms with van der Waals surface area (Å²) in [6.45, 7) is -0.908. The Morgan fingerprint density at radius 2 is 1.62 bits per heavy atom. The number of hydrogen-bond donors (Lipinski definition) is 2. The Labute approximate surface area is 248 Å². The molecule has 1 saturated carbocycles. The van der Waals surface area contributed by atoms with Crippen LogP contribution < -0.4 is 10.2 Å². The van der Waals surface area contributed by atoms with Gasteiger partial charge in [0.1, 0.15) is 11.5 Å². The minimum atomic E-state index is -3.28. The van der Waals surface area contributed by atoms with Crippen molar-refractivity contribution in [1.29, 1.82) is 0 Å². The second-order valence-corrected chi connectivity index (χ2v) is 12.6. The molecule has 2 aromatic carbocycles. The van der Waals surface area contributed by atoms with E-state index in [-0.39, 0.29) is 37.4 Å². The first-order valence-corrected chi connectivity index (χ1v) is 14.3. The minimum Gasteiger partial charge on any atom is -0.481 e. The Kier molecular flexibility index (Phi) is 6.78. The van der Waals surface area contributed by atoms with Gasteiger partial charge in [0.15, 0.2) is 0 Å². The Morgan fingerprint density at radius 3 is 2.25 bits per heavy atom. The lowest BCUT2D eigenvalue weighted by atomic mass is 9.73. The Hall–Kier alpha value is -2.17. The van der Waals surface area contributed by atoms with Gasteiger partial charge in [-0.3, -0.25) is 19.3 Å². The molecule has 0 aromatic heterocycles. The van der Waals surface area contributed by atoms with Gasteiger partial charge in [-0.1, -0.05) is 59.2 Å². The molecule has 0 unspecified atom stereocenters. The van der Waals surface area contributed by atoms with Crippen LogP contribution in [0, 0.1) is 11.8 Å². The molecule has 3 heterocycles. The van der Waals surface area contributed by atoms with Crippen LogP contribution >= 0.6 is 46.4 Å². The molecule has 4 atom stereocenters. The van der Waals surface area contributed by atoms with Crippen molar-refractivity contribution in [3.8, 4) is 0 Å². The number of carboxylic acids is 1. The Morgan fingerprint density at radius 1 is 1.00 bits per heavy atom. The van der Waals surface area contributed by atoms with Gasteiger partial charge < -0.3 is 15.3 Å². The van der Waals surface area contributed by atoms with E-state index in [0.717, 1.165) is 12.8 Å². The minimum absolute atomic E-state index is 0.0373. The van der Waals surface area contributed by atoms with Crippen molar-refractivity contribution in [3.63, 3.8) is 0 Å². The second kappa shape index (κ2) is 9.70. The molecular weight excluding hydrogens is 610 g/mol. The van der Waals surface area contributed by atoms with Crippen LogP contribution in [0.25, 0.3) is 0 Å². The van der Waals surface area contributed by atoms with Crippen molar-refractivity contribution < 1.29 is 28.3 Å². The summed E-state index contributed by atoms with van der Waals surface area (Å²) < 4.78 is 30.3. The first-order valence-electron chi connectivity index (χ1n) is 12.8. The fourth-order valence-corrected chi connectivity index (χ4v) is 8.36. The van der Waals surface area contributed by atoms with E-state index >= 15 is 8.78 Å². The molecule has 2 amide bonds. The number of hydrogen-bond acceptors (Lipinski definition) is 4. The Balaban J connectivity index is 1.56. The van der Waals surface area contributed by atoms with Gasteiger partial charge in [0.2, 0.25) is 5.91 Å². The average molecular weight is 633 g/mol. The highest BCUT2D eigenvalue weighted by Gasteiger charge is 2.75. The number of nitrogens with zero attached hydrogens (tertiary/aromatic N) is 2. The van der Waals surface area contributed by atoms with Crippen molar-refractivity contribution in [1.82, 2.24) is 4.90 Å². The highest BCUT2D eigenvalue weighted by atomic mass is 35.5. The lowest BCUT2D eigenvalue weighted by Crippen LogP contribution is -2.54. The monoisotopic (exact) mass is 631 g/mol. The van der Waals surface area contributed by atoms with Crippen molar-refractivity contribution in [2.75, 3.05) is 16.8 Å². The zero-order chi connectivity index (χ0) is 28.7. The first-order chi connectivity index (χ1) is 18.8. The van der Waals surface area contributed by atoms with Gasteiger partial charge in [0, 0.05) is 44.8 Å². The summed E-state index contributed by atoms with van der Waals surface area (Å²) in [6.07, 6.45) is 2.13. The molecule has 4 aliphatic rings. The number of benzene rings is 2. The van der Waals surface area contributed by atoms with Crippen LogP contribution in [0.3, 0.4) is 0 Å². The van der Waals surface area contributed by atoms with Crippen molar-refractivity contribution in [2.24, 2.45) is 11.8 Å².